The lowest BCUT2D eigenvalue weighted by atomic mass is 10.1. The number of rotatable bonds is 3. The van der Waals surface area contributed by atoms with Crippen molar-refractivity contribution in [2.45, 2.75) is 13.5 Å². The monoisotopic (exact) mass is 293 g/mol. The van der Waals surface area contributed by atoms with Crippen LogP contribution in [0.25, 0.3) is 10.9 Å². The number of nitrogens with zero attached hydrogens (tertiary/aromatic N) is 3. The van der Waals surface area contributed by atoms with Crippen molar-refractivity contribution in [2.75, 3.05) is 0 Å². The molecule has 1 aromatic carbocycles. The van der Waals surface area contributed by atoms with E-state index in [0.29, 0.717) is 22.5 Å². The standard InChI is InChI=1S/C17H15N3O2/c1-11-17(22)14(13(10-21)8-19-11)9-20-15-6-2-4-12-5-3-7-18-16(12)15/h2-9,21-22H,10H2,1H3. The molecule has 5 heteroatoms. The summed E-state index contributed by atoms with van der Waals surface area (Å²) >= 11 is 0. The minimum atomic E-state index is -0.212. The normalized spacial score (nSPS) is 11.4. The summed E-state index contributed by atoms with van der Waals surface area (Å²) in [4.78, 5) is 12.8. The number of hydrogen-bond donors (Lipinski definition) is 2. The van der Waals surface area contributed by atoms with Gasteiger partial charge in [-0.15, -0.1) is 0 Å². The van der Waals surface area contributed by atoms with Gasteiger partial charge in [-0.3, -0.25) is 15.0 Å². The fourth-order valence-electron chi connectivity index (χ4n) is 2.25. The summed E-state index contributed by atoms with van der Waals surface area (Å²) in [7, 11) is 0. The number of fused-ring (bicyclic) bond motifs is 1. The minimum absolute atomic E-state index is 0.0310. The van der Waals surface area contributed by atoms with Crippen LogP contribution in [0.1, 0.15) is 16.8 Å². The average molecular weight is 293 g/mol. The third-order valence-electron chi connectivity index (χ3n) is 3.47. The summed E-state index contributed by atoms with van der Waals surface area (Å²) in [5.74, 6) is 0.0310. The van der Waals surface area contributed by atoms with Gasteiger partial charge in [-0.25, -0.2) is 0 Å². The van der Waals surface area contributed by atoms with Crippen molar-refractivity contribution < 1.29 is 10.2 Å². The van der Waals surface area contributed by atoms with E-state index in [4.69, 9.17) is 0 Å². The van der Waals surface area contributed by atoms with Crippen molar-refractivity contribution in [1.82, 2.24) is 9.97 Å². The van der Waals surface area contributed by atoms with E-state index in [0.717, 1.165) is 10.9 Å². The van der Waals surface area contributed by atoms with E-state index in [-0.39, 0.29) is 12.4 Å². The molecule has 2 heterocycles. The second-order valence-corrected chi connectivity index (χ2v) is 4.90. The van der Waals surface area contributed by atoms with Gasteiger partial charge in [-0.1, -0.05) is 18.2 Å². The van der Waals surface area contributed by atoms with E-state index in [1.165, 1.54) is 6.20 Å². The van der Waals surface area contributed by atoms with Gasteiger partial charge in [0, 0.05) is 35.1 Å². The molecular formula is C17H15N3O2. The molecule has 3 rings (SSSR count). The summed E-state index contributed by atoms with van der Waals surface area (Å²) < 4.78 is 0. The number of benzene rings is 1. The fourth-order valence-corrected chi connectivity index (χ4v) is 2.25. The fraction of sp³-hybridized carbons (Fsp3) is 0.118. The van der Waals surface area contributed by atoms with Crippen molar-refractivity contribution in [1.29, 1.82) is 0 Å². The molecule has 0 saturated heterocycles. The second kappa shape index (κ2) is 5.91. The van der Waals surface area contributed by atoms with Gasteiger partial charge in [0.05, 0.1) is 23.5 Å². The van der Waals surface area contributed by atoms with Crippen LogP contribution in [0.15, 0.2) is 47.7 Å². The molecule has 0 aliphatic heterocycles. The van der Waals surface area contributed by atoms with Crippen molar-refractivity contribution in [3.05, 3.63) is 59.5 Å². The van der Waals surface area contributed by atoms with Crippen molar-refractivity contribution >= 4 is 22.8 Å². The van der Waals surface area contributed by atoms with Crippen LogP contribution < -0.4 is 0 Å². The van der Waals surface area contributed by atoms with Crippen molar-refractivity contribution in [3.63, 3.8) is 0 Å². The summed E-state index contributed by atoms with van der Waals surface area (Å²) in [6, 6.07) is 9.57. The van der Waals surface area contributed by atoms with Crippen LogP contribution in [0.3, 0.4) is 0 Å². The first kappa shape index (κ1) is 14.2. The first-order valence-corrected chi connectivity index (χ1v) is 6.87. The maximum atomic E-state index is 10.1. The molecule has 0 saturated carbocycles. The topological polar surface area (TPSA) is 78.6 Å². The molecule has 5 nitrogen and oxygen atoms in total. The second-order valence-electron chi connectivity index (χ2n) is 4.90. The van der Waals surface area contributed by atoms with Gasteiger partial charge in [0.15, 0.2) is 0 Å². The van der Waals surface area contributed by atoms with Crippen LogP contribution in [0.4, 0.5) is 5.69 Å². The number of aryl methyl sites for hydroxylation is 1. The zero-order valence-electron chi connectivity index (χ0n) is 12.1. The highest BCUT2D eigenvalue weighted by molar-refractivity contribution is 5.93. The quantitative estimate of drug-likeness (QED) is 0.728. The zero-order chi connectivity index (χ0) is 15.5. The molecule has 0 aliphatic rings. The smallest absolute Gasteiger partial charge is 0.145 e. The summed E-state index contributed by atoms with van der Waals surface area (Å²) in [5.41, 5.74) is 2.99. The Bertz CT molecular complexity index is 854. The first-order chi connectivity index (χ1) is 10.7. The number of aromatic hydroxyl groups is 1. The number of hydrogen-bond acceptors (Lipinski definition) is 5. The van der Waals surface area contributed by atoms with Crippen LogP contribution in [0.5, 0.6) is 5.75 Å². The molecule has 0 bridgehead atoms. The third-order valence-corrected chi connectivity index (χ3v) is 3.47. The van der Waals surface area contributed by atoms with Crippen molar-refractivity contribution in [3.8, 4) is 5.75 Å². The van der Waals surface area contributed by atoms with Gasteiger partial charge in [0.25, 0.3) is 0 Å². The minimum Gasteiger partial charge on any atom is -0.505 e. The predicted octanol–water partition coefficient (Wildman–Crippen LogP) is 2.89. The van der Waals surface area contributed by atoms with Crippen LogP contribution in [0, 0.1) is 6.92 Å². The predicted molar refractivity (Wildman–Crippen MR) is 85.6 cm³/mol. The van der Waals surface area contributed by atoms with E-state index in [1.54, 1.807) is 19.3 Å². The lowest BCUT2D eigenvalue weighted by Gasteiger charge is -2.07. The molecule has 0 unspecified atom stereocenters. The number of aliphatic imine (C=N–C) groups is 1. The Hall–Kier alpha value is -2.79. The largest absolute Gasteiger partial charge is 0.505 e. The van der Waals surface area contributed by atoms with E-state index < -0.39 is 0 Å². The highest BCUT2D eigenvalue weighted by Gasteiger charge is 2.09. The van der Waals surface area contributed by atoms with Crippen LogP contribution in [0.2, 0.25) is 0 Å². The SMILES string of the molecule is Cc1ncc(CO)c(C=Nc2cccc3cccnc23)c1O. The Kier molecular flexibility index (Phi) is 3.80. The lowest BCUT2D eigenvalue weighted by Crippen LogP contribution is -1.97. The van der Waals surface area contributed by atoms with Gasteiger partial charge >= 0.3 is 0 Å². The number of aromatic nitrogens is 2. The van der Waals surface area contributed by atoms with Gasteiger partial charge in [0.1, 0.15) is 5.75 Å². The van der Waals surface area contributed by atoms with E-state index in [9.17, 15) is 10.2 Å². The Morgan fingerprint density at radius 3 is 2.82 bits per heavy atom. The van der Waals surface area contributed by atoms with E-state index in [2.05, 4.69) is 15.0 Å². The van der Waals surface area contributed by atoms with Gasteiger partial charge < -0.3 is 10.2 Å². The molecular weight excluding hydrogens is 278 g/mol. The Morgan fingerprint density at radius 2 is 2.00 bits per heavy atom. The maximum Gasteiger partial charge on any atom is 0.145 e. The number of pyridine rings is 2. The maximum absolute atomic E-state index is 10.1. The van der Waals surface area contributed by atoms with E-state index >= 15 is 0 Å². The van der Waals surface area contributed by atoms with Crippen molar-refractivity contribution in [2.24, 2.45) is 4.99 Å². The summed E-state index contributed by atoms with van der Waals surface area (Å²) in [6.45, 7) is 1.49. The van der Waals surface area contributed by atoms with Crippen LogP contribution >= 0.6 is 0 Å². The molecule has 0 radical (unpaired) electrons. The summed E-state index contributed by atoms with van der Waals surface area (Å²) in [6.07, 6.45) is 4.80. The molecule has 0 aliphatic carbocycles. The first-order valence-electron chi connectivity index (χ1n) is 6.87. The third kappa shape index (κ3) is 2.54. The molecule has 0 fully saturated rings. The highest BCUT2D eigenvalue weighted by Crippen LogP contribution is 2.26. The molecule has 0 spiro atoms. The number of aliphatic hydroxyl groups excluding tert-OH is 1. The van der Waals surface area contributed by atoms with E-state index in [1.807, 2.05) is 30.3 Å². The Morgan fingerprint density at radius 1 is 1.18 bits per heavy atom. The van der Waals surface area contributed by atoms with Gasteiger partial charge in [-0.05, 0) is 19.1 Å². The molecule has 3 aromatic rings. The zero-order valence-corrected chi connectivity index (χ0v) is 12.1. The average Bonchev–Trinajstić information content (AvgIpc) is 2.56. The Balaban J connectivity index is 2.09. The molecule has 2 aromatic heterocycles. The molecule has 22 heavy (non-hydrogen) atoms. The van der Waals surface area contributed by atoms with Gasteiger partial charge in [-0.2, -0.15) is 0 Å². The molecule has 110 valence electrons. The molecule has 2 N–H and O–H groups in total. The molecule has 0 amide bonds. The highest BCUT2D eigenvalue weighted by atomic mass is 16.3. The summed E-state index contributed by atoms with van der Waals surface area (Å²) in [5, 5.41) is 20.5. The number of aliphatic hydroxyl groups is 1. The van der Waals surface area contributed by atoms with Crippen LogP contribution in [-0.2, 0) is 6.61 Å². The Labute approximate surface area is 127 Å². The number of para-hydroxylation sites is 1. The lowest BCUT2D eigenvalue weighted by molar-refractivity contribution is 0.280. The van der Waals surface area contributed by atoms with Gasteiger partial charge in [0.2, 0.25) is 0 Å². The van der Waals surface area contributed by atoms with Crippen LogP contribution in [-0.4, -0.2) is 26.4 Å². The molecule has 0 atom stereocenters.